The molecule has 25 heavy (non-hydrogen) atoms. The number of aromatic nitrogens is 1. The predicted molar refractivity (Wildman–Crippen MR) is 99.1 cm³/mol. The quantitative estimate of drug-likeness (QED) is 0.716. The van der Waals surface area contributed by atoms with Crippen LogP contribution in [0.15, 0.2) is 48.7 Å². The van der Waals surface area contributed by atoms with Crippen LogP contribution in [0.3, 0.4) is 0 Å². The van der Waals surface area contributed by atoms with E-state index in [0.717, 1.165) is 17.4 Å². The second-order valence-corrected chi connectivity index (χ2v) is 7.22. The highest BCUT2D eigenvalue weighted by Crippen LogP contribution is 2.21. The molecule has 0 fully saturated rings. The fraction of sp³-hybridized carbons (Fsp3) is 0.286. The van der Waals surface area contributed by atoms with Crippen LogP contribution in [0.1, 0.15) is 30.5 Å². The number of carbonyl (C=O) groups is 1. The van der Waals surface area contributed by atoms with Crippen molar-refractivity contribution in [1.82, 2.24) is 10.3 Å². The van der Waals surface area contributed by atoms with E-state index in [1.54, 1.807) is 12.3 Å². The molecule has 3 aromatic rings. The van der Waals surface area contributed by atoms with Gasteiger partial charge in [-0.25, -0.2) is 4.39 Å². The summed E-state index contributed by atoms with van der Waals surface area (Å²) in [5, 5.41) is 4.00. The maximum atomic E-state index is 13.3. The van der Waals surface area contributed by atoms with Crippen molar-refractivity contribution in [2.75, 3.05) is 0 Å². The third-order valence-corrected chi connectivity index (χ3v) is 4.45. The van der Waals surface area contributed by atoms with Gasteiger partial charge in [-0.15, -0.1) is 0 Å². The van der Waals surface area contributed by atoms with Crippen LogP contribution in [-0.2, 0) is 17.6 Å². The molecule has 1 heterocycles. The SMILES string of the molecule is Cc1ccccc1CC(C)(C)NC(=O)Cc1c[nH]c2cc(F)ccc12. The molecule has 0 aliphatic heterocycles. The number of rotatable bonds is 5. The van der Waals surface area contributed by atoms with Gasteiger partial charge in [0.2, 0.25) is 5.91 Å². The Kier molecular flexibility index (Phi) is 4.62. The number of aromatic amines is 1. The average Bonchev–Trinajstić information content (AvgIpc) is 2.90. The molecule has 3 rings (SSSR count). The molecular formula is C21H23FN2O. The zero-order valence-corrected chi connectivity index (χ0v) is 14.8. The first-order valence-electron chi connectivity index (χ1n) is 8.45. The van der Waals surface area contributed by atoms with Gasteiger partial charge in [0.1, 0.15) is 5.82 Å². The number of nitrogens with one attached hydrogen (secondary N) is 2. The molecule has 0 spiro atoms. The van der Waals surface area contributed by atoms with Crippen molar-refractivity contribution in [2.45, 2.75) is 39.2 Å². The summed E-state index contributed by atoms with van der Waals surface area (Å²) in [6, 6.07) is 12.8. The van der Waals surface area contributed by atoms with Crippen LogP contribution in [0.5, 0.6) is 0 Å². The molecule has 4 heteroatoms. The van der Waals surface area contributed by atoms with Crippen molar-refractivity contribution >= 4 is 16.8 Å². The molecule has 130 valence electrons. The number of carbonyl (C=O) groups excluding carboxylic acids is 1. The van der Waals surface area contributed by atoms with Crippen molar-refractivity contribution in [3.63, 3.8) is 0 Å². The van der Waals surface area contributed by atoms with Gasteiger partial charge in [0.25, 0.3) is 0 Å². The van der Waals surface area contributed by atoms with Gasteiger partial charge in [-0.1, -0.05) is 24.3 Å². The summed E-state index contributed by atoms with van der Waals surface area (Å²) >= 11 is 0. The highest BCUT2D eigenvalue weighted by atomic mass is 19.1. The Labute approximate surface area is 147 Å². The maximum absolute atomic E-state index is 13.3. The molecule has 3 nitrogen and oxygen atoms in total. The van der Waals surface area contributed by atoms with Crippen molar-refractivity contribution in [3.05, 3.63) is 71.2 Å². The van der Waals surface area contributed by atoms with E-state index in [1.165, 1.54) is 23.3 Å². The number of fused-ring (bicyclic) bond motifs is 1. The standard InChI is InChI=1S/C21H23FN2O/c1-14-6-4-5-7-15(14)12-21(2,3)24-20(25)10-16-13-23-19-11-17(22)8-9-18(16)19/h4-9,11,13,23H,10,12H2,1-3H3,(H,24,25). The van der Waals surface area contributed by atoms with E-state index in [4.69, 9.17) is 0 Å². The first kappa shape index (κ1) is 17.2. The van der Waals surface area contributed by atoms with Crippen molar-refractivity contribution in [3.8, 4) is 0 Å². The van der Waals surface area contributed by atoms with E-state index in [0.29, 0.717) is 5.52 Å². The van der Waals surface area contributed by atoms with E-state index < -0.39 is 0 Å². The Morgan fingerprint density at radius 1 is 1.16 bits per heavy atom. The summed E-state index contributed by atoms with van der Waals surface area (Å²) < 4.78 is 13.3. The smallest absolute Gasteiger partial charge is 0.224 e. The number of aryl methyl sites for hydroxylation is 1. The van der Waals surface area contributed by atoms with Crippen LogP contribution in [0, 0.1) is 12.7 Å². The van der Waals surface area contributed by atoms with Crippen molar-refractivity contribution in [2.24, 2.45) is 0 Å². The Hall–Kier alpha value is -2.62. The molecule has 0 aliphatic carbocycles. The van der Waals surface area contributed by atoms with Crippen molar-refractivity contribution in [1.29, 1.82) is 0 Å². The fourth-order valence-electron chi connectivity index (χ4n) is 3.23. The number of amides is 1. The fourth-order valence-corrected chi connectivity index (χ4v) is 3.23. The number of H-pyrrole nitrogens is 1. The highest BCUT2D eigenvalue weighted by molar-refractivity contribution is 5.89. The van der Waals surface area contributed by atoms with Crippen LogP contribution in [0.2, 0.25) is 0 Å². The van der Waals surface area contributed by atoms with Gasteiger partial charge in [0, 0.05) is 22.6 Å². The average molecular weight is 338 g/mol. The minimum Gasteiger partial charge on any atom is -0.361 e. The minimum atomic E-state index is -0.346. The van der Waals surface area contributed by atoms with E-state index in [9.17, 15) is 9.18 Å². The van der Waals surface area contributed by atoms with Crippen LogP contribution < -0.4 is 5.32 Å². The van der Waals surface area contributed by atoms with Gasteiger partial charge in [-0.2, -0.15) is 0 Å². The first-order valence-corrected chi connectivity index (χ1v) is 8.45. The Balaban J connectivity index is 1.69. The molecular weight excluding hydrogens is 315 g/mol. The van der Waals surface area contributed by atoms with Gasteiger partial charge < -0.3 is 10.3 Å². The van der Waals surface area contributed by atoms with Crippen LogP contribution in [0.25, 0.3) is 10.9 Å². The van der Waals surface area contributed by atoms with Crippen molar-refractivity contribution < 1.29 is 9.18 Å². The van der Waals surface area contributed by atoms with Gasteiger partial charge >= 0.3 is 0 Å². The summed E-state index contributed by atoms with van der Waals surface area (Å²) in [6.07, 6.45) is 2.81. The normalized spacial score (nSPS) is 11.7. The molecule has 1 aromatic heterocycles. The van der Waals surface area contributed by atoms with E-state index in [1.807, 2.05) is 26.0 Å². The molecule has 0 saturated heterocycles. The number of halogens is 1. The third kappa shape index (κ3) is 4.08. The lowest BCUT2D eigenvalue weighted by Gasteiger charge is -2.27. The second-order valence-electron chi connectivity index (χ2n) is 7.22. The zero-order valence-electron chi connectivity index (χ0n) is 14.8. The highest BCUT2D eigenvalue weighted by Gasteiger charge is 2.22. The van der Waals surface area contributed by atoms with Crippen LogP contribution in [-0.4, -0.2) is 16.4 Å². The molecule has 2 N–H and O–H groups in total. The Morgan fingerprint density at radius 3 is 2.68 bits per heavy atom. The molecule has 2 aromatic carbocycles. The number of hydrogen-bond donors (Lipinski definition) is 2. The zero-order chi connectivity index (χ0) is 18.0. The summed E-state index contributed by atoms with van der Waals surface area (Å²) in [6.45, 7) is 6.14. The van der Waals surface area contributed by atoms with Gasteiger partial charge in [0.05, 0.1) is 6.42 Å². The van der Waals surface area contributed by atoms with Crippen LogP contribution >= 0.6 is 0 Å². The largest absolute Gasteiger partial charge is 0.361 e. The lowest BCUT2D eigenvalue weighted by atomic mass is 9.92. The van der Waals surface area contributed by atoms with Gasteiger partial charge in [-0.05, 0) is 62.1 Å². The first-order chi connectivity index (χ1) is 11.8. The lowest BCUT2D eigenvalue weighted by Crippen LogP contribution is -2.45. The van der Waals surface area contributed by atoms with E-state index in [2.05, 4.69) is 29.4 Å². The molecule has 1 amide bonds. The summed E-state index contributed by atoms with van der Waals surface area (Å²) in [5.74, 6) is -0.325. The molecule has 0 aliphatic rings. The number of benzene rings is 2. The lowest BCUT2D eigenvalue weighted by molar-refractivity contribution is -0.122. The molecule has 0 atom stereocenters. The predicted octanol–water partition coefficient (Wildman–Crippen LogP) is 4.30. The monoisotopic (exact) mass is 338 g/mol. The van der Waals surface area contributed by atoms with Gasteiger partial charge in [0.15, 0.2) is 0 Å². The maximum Gasteiger partial charge on any atom is 0.224 e. The topological polar surface area (TPSA) is 44.9 Å². The van der Waals surface area contributed by atoms with Gasteiger partial charge in [-0.3, -0.25) is 4.79 Å². The molecule has 0 radical (unpaired) electrons. The second kappa shape index (κ2) is 6.71. The molecule has 0 unspecified atom stereocenters. The third-order valence-electron chi connectivity index (χ3n) is 4.45. The van der Waals surface area contributed by atoms with E-state index >= 15 is 0 Å². The molecule has 0 bridgehead atoms. The van der Waals surface area contributed by atoms with Crippen LogP contribution in [0.4, 0.5) is 4.39 Å². The Bertz CT molecular complexity index is 911. The number of hydrogen-bond acceptors (Lipinski definition) is 1. The molecule has 0 saturated carbocycles. The van der Waals surface area contributed by atoms with E-state index in [-0.39, 0.29) is 23.7 Å². The summed E-state index contributed by atoms with van der Waals surface area (Å²) in [7, 11) is 0. The summed E-state index contributed by atoms with van der Waals surface area (Å²) in [4.78, 5) is 15.5. The minimum absolute atomic E-state index is 0.0381. The summed E-state index contributed by atoms with van der Waals surface area (Å²) in [5.41, 5.74) is 3.70. The Morgan fingerprint density at radius 2 is 1.92 bits per heavy atom.